The Morgan fingerprint density at radius 2 is 2.31 bits per heavy atom. The molecular weight excluding hydrogens is 190 g/mol. The number of rotatable bonds is 3. The normalized spacial score (nSPS) is 12.2. The highest BCUT2D eigenvalue weighted by molar-refractivity contribution is 6.30. The minimum Gasteiger partial charge on any atom is -0.481 e. The summed E-state index contributed by atoms with van der Waals surface area (Å²) >= 11 is 5.68. The summed E-state index contributed by atoms with van der Waals surface area (Å²) in [6.07, 6.45) is 2.57. The minimum absolute atomic E-state index is 0.0278. The maximum atomic E-state index is 10.9. The quantitative estimate of drug-likeness (QED) is 0.749. The molecule has 13 heavy (non-hydrogen) atoms. The van der Waals surface area contributed by atoms with Crippen LogP contribution in [-0.2, 0) is 4.79 Å². The molecule has 70 valence electrons. The standard InChI is InChI=1S/C9H10ClNO2/c1-6(12)7(2)13-9-3-8(10)4-11-5-9/h3-5,7H,1-2H3. The molecule has 0 N–H and O–H groups in total. The van der Waals surface area contributed by atoms with Gasteiger partial charge in [0.15, 0.2) is 11.9 Å². The Morgan fingerprint density at radius 3 is 2.85 bits per heavy atom. The molecule has 1 unspecified atom stereocenters. The van der Waals surface area contributed by atoms with E-state index in [-0.39, 0.29) is 5.78 Å². The van der Waals surface area contributed by atoms with Crippen LogP contribution >= 0.6 is 11.6 Å². The number of Topliss-reactive ketones (excluding diaryl/α,β-unsaturated/α-hetero) is 1. The zero-order valence-corrected chi connectivity index (χ0v) is 8.21. The van der Waals surface area contributed by atoms with Gasteiger partial charge in [0.2, 0.25) is 0 Å². The van der Waals surface area contributed by atoms with Gasteiger partial charge >= 0.3 is 0 Å². The first-order valence-corrected chi connectivity index (χ1v) is 4.25. The third-order valence-corrected chi connectivity index (χ3v) is 1.77. The zero-order chi connectivity index (χ0) is 9.84. The fraction of sp³-hybridized carbons (Fsp3) is 0.333. The van der Waals surface area contributed by atoms with Gasteiger partial charge < -0.3 is 4.74 Å². The molecule has 0 fully saturated rings. The van der Waals surface area contributed by atoms with Crippen molar-refractivity contribution >= 4 is 17.4 Å². The van der Waals surface area contributed by atoms with Gasteiger partial charge in [-0.3, -0.25) is 9.78 Å². The molecule has 0 aliphatic heterocycles. The molecular formula is C9H10ClNO2. The summed E-state index contributed by atoms with van der Waals surface area (Å²) < 4.78 is 5.26. The van der Waals surface area contributed by atoms with Crippen molar-refractivity contribution < 1.29 is 9.53 Å². The average Bonchev–Trinajstić information content (AvgIpc) is 2.04. The predicted molar refractivity (Wildman–Crippen MR) is 50.0 cm³/mol. The number of ketones is 1. The molecule has 1 aromatic heterocycles. The molecule has 0 radical (unpaired) electrons. The maximum absolute atomic E-state index is 10.9. The summed E-state index contributed by atoms with van der Waals surface area (Å²) in [5.41, 5.74) is 0. The number of hydrogen-bond acceptors (Lipinski definition) is 3. The van der Waals surface area contributed by atoms with Crippen molar-refractivity contribution in [1.29, 1.82) is 0 Å². The van der Waals surface area contributed by atoms with Gasteiger partial charge in [-0.05, 0) is 13.8 Å². The molecule has 0 saturated heterocycles. The summed E-state index contributed by atoms with van der Waals surface area (Å²) in [6, 6.07) is 1.62. The Morgan fingerprint density at radius 1 is 1.62 bits per heavy atom. The van der Waals surface area contributed by atoms with Crippen molar-refractivity contribution in [3.8, 4) is 5.75 Å². The van der Waals surface area contributed by atoms with Crippen LogP contribution in [0.5, 0.6) is 5.75 Å². The molecule has 0 bridgehead atoms. The number of aromatic nitrogens is 1. The lowest BCUT2D eigenvalue weighted by atomic mass is 10.3. The summed E-state index contributed by atoms with van der Waals surface area (Å²) in [5, 5.41) is 0.494. The highest BCUT2D eigenvalue weighted by Crippen LogP contribution is 2.16. The lowest BCUT2D eigenvalue weighted by molar-refractivity contribution is -0.122. The average molecular weight is 200 g/mol. The van der Waals surface area contributed by atoms with Gasteiger partial charge in [-0.1, -0.05) is 11.6 Å². The summed E-state index contributed by atoms with van der Waals surface area (Å²) in [5.74, 6) is 0.482. The third kappa shape index (κ3) is 3.03. The van der Waals surface area contributed by atoms with E-state index in [0.29, 0.717) is 10.8 Å². The van der Waals surface area contributed by atoms with E-state index in [1.807, 2.05) is 0 Å². The summed E-state index contributed by atoms with van der Waals surface area (Å²) in [7, 11) is 0. The second-order valence-electron chi connectivity index (χ2n) is 2.71. The van der Waals surface area contributed by atoms with Crippen LogP contribution in [-0.4, -0.2) is 16.9 Å². The first kappa shape index (κ1) is 9.99. The van der Waals surface area contributed by atoms with Crippen molar-refractivity contribution in [3.05, 3.63) is 23.5 Å². The van der Waals surface area contributed by atoms with Crippen LogP contribution in [0.15, 0.2) is 18.5 Å². The molecule has 0 saturated carbocycles. The van der Waals surface area contributed by atoms with E-state index in [2.05, 4.69) is 4.98 Å². The van der Waals surface area contributed by atoms with Gasteiger partial charge in [0.1, 0.15) is 5.75 Å². The van der Waals surface area contributed by atoms with Gasteiger partial charge in [0.05, 0.1) is 11.2 Å². The molecule has 0 aliphatic carbocycles. The van der Waals surface area contributed by atoms with Crippen molar-refractivity contribution in [3.63, 3.8) is 0 Å². The fourth-order valence-electron chi connectivity index (χ4n) is 0.744. The largest absolute Gasteiger partial charge is 0.481 e. The van der Waals surface area contributed by atoms with Crippen molar-refractivity contribution in [2.75, 3.05) is 0 Å². The van der Waals surface area contributed by atoms with Crippen molar-refractivity contribution in [2.24, 2.45) is 0 Å². The molecule has 1 atom stereocenters. The lowest BCUT2D eigenvalue weighted by Gasteiger charge is -2.10. The van der Waals surface area contributed by atoms with E-state index in [4.69, 9.17) is 16.3 Å². The molecule has 0 aliphatic rings. The highest BCUT2D eigenvalue weighted by atomic mass is 35.5. The van der Waals surface area contributed by atoms with E-state index in [1.165, 1.54) is 19.3 Å². The number of carbonyl (C=O) groups excluding carboxylic acids is 1. The third-order valence-electron chi connectivity index (χ3n) is 1.57. The second-order valence-corrected chi connectivity index (χ2v) is 3.15. The molecule has 1 aromatic rings. The van der Waals surface area contributed by atoms with Crippen LogP contribution in [0, 0.1) is 0 Å². The SMILES string of the molecule is CC(=O)C(C)Oc1cncc(Cl)c1. The zero-order valence-electron chi connectivity index (χ0n) is 7.45. The topological polar surface area (TPSA) is 39.2 Å². The monoisotopic (exact) mass is 199 g/mol. The first-order valence-electron chi connectivity index (χ1n) is 3.87. The Kier molecular flexibility index (Phi) is 3.25. The Labute approximate surface area is 81.7 Å². The van der Waals surface area contributed by atoms with Gasteiger partial charge in [0, 0.05) is 12.3 Å². The number of halogens is 1. The van der Waals surface area contributed by atoms with Gasteiger partial charge in [-0.15, -0.1) is 0 Å². The second kappa shape index (κ2) is 4.23. The van der Waals surface area contributed by atoms with E-state index in [9.17, 15) is 4.79 Å². The van der Waals surface area contributed by atoms with Crippen LogP contribution in [0.3, 0.4) is 0 Å². The van der Waals surface area contributed by atoms with E-state index in [1.54, 1.807) is 13.0 Å². The number of ether oxygens (including phenoxy) is 1. The minimum atomic E-state index is -0.458. The van der Waals surface area contributed by atoms with Crippen molar-refractivity contribution in [2.45, 2.75) is 20.0 Å². The van der Waals surface area contributed by atoms with E-state index < -0.39 is 6.10 Å². The predicted octanol–water partition coefficient (Wildman–Crippen LogP) is 2.09. The van der Waals surface area contributed by atoms with Gasteiger partial charge in [-0.25, -0.2) is 0 Å². The summed E-state index contributed by atoms with van der Waals surface area (Å²) in [6.45, 7) is 3.16. The Balaban J connectivity index is 2.69. The van der Waals surface area contributed by atoms with Crippen LogP contribution in [0.4, 0.5) is 0 Å². The van der Waals surface area contributed by atoms with Crippen LogP contribution < -0.4 is 4.74 Å². The Hall–Kier alpha value is -1.09. The lowest BCUT2D eigenvalue weighted by Crippen LogP contribution is -2.20. The molecule has 1 heterocycles. The number of nitrogens with zero attached hydrogens (tertiary/aromatic N) is 1. The van der Waals surface area contributed by atoms with E-state index in [0.717, 1.165) is 0 Å². The molecule has 3 nitrogen and oxygen atoms in total. The molecule has 0 amide bonds. The van der Waals surface area contributed by atoms with Crippen LogP contribution in [0.25, 0.3) is 0 Å². The number of carbonyl (C=O) groups is 1. The van der Waals surface area contributed by atoms with Gasteiger partial charge in [0.25, 0.3) is 0 Å². The van der Waals surface area contributed by atoms with Crippen LogP contribution in [0.1, 0.15) is 13.8 Å². The highest BCUT2D eigenvalue weighted by Gasteiger charge is 2.08. The maximum Gasteiger partial charge on any atom is 0.169 e. The van der Waals surface area contributed by atoms with Crippen LogP contribution in [0.2, 0.25) is 5.02 Å². The van der Waals surface area contributed by atoms with E-state index >= 15 is 0 Å². The summed E-state index contributed by atoms with van der Waals surface area (Å²) in [4.78, 5) is 14.7. The van der Waals surface area contributed by atoms with Gasteiger partial charge in [-0.2, -0.15) is 0 Å². The molecule has 0 aromatic carbocycles. The number of pyridine rings is 1. The molecule has 1 rings (SSSR count). The number of hydrogen-bond donors (Lipinski definition) is 0. The molecule has 4 heteroatoms. The van der Waals surface area contributed by atoms with Crippen molar-refractivity contribution in [1.82, 2.24) is 4.98 Å². The smallest absolute Gasteiger partial charge is 0.169 e. The molecule has 0 spiro atoms. The fourth-order valence-corrected chi connectivity index (χ4v) is 0.908. The Bertz CT molecular complexity index is 314. The first-order chi connectivity index (χ1) is 6.09.